The highest BCUT2D eigenvalue weighted by molar-refractivity contribution is 6.06. The number of nitrogens with zero attached hydrogens (tertiary/aromatic N) is 3. The van der Waals surface area contributed by atoms with Gasteiger partial charge in [-0.05, 0) is 29.3 Å². The van der Waals surface area contributed by atoms with E-state index in [1.165, 1.54) is 12.1 Å². The second-order valence-electron chi connectivity index (χ2n) is 6.46. The molecule has 0 fully saturated rings. The highest BCUT2D eigenvalue weighted by Gasteiger charge is 2.28. The normalized spacial score (nSPS) is 13.1. The van der Waals surface area contributed by atoms with E-state index in [0.717, 1.165) is 22.5 Å². The quantitative estimate of drug-likeness (QED) is 0.773. The van der Waals surface area contributed by atoms with Gasteiger partial charge in [0.1, 0.15) is 5.82 Å². The molecule has 2 heterocycles. The average Bonchev–Trinajstić information content (AvgIpc) is 2.90. The third-order valence-electron chi connectivity index (χ3n) is 4.86. The summed E-state index contributed by atoms with van der Waals surface area (Å²) in [5.41, 5.74) is 10.1. The third kappa shape index (κ3) is 2.68. The summed E-state index contributed by atoms with van der Waals surface area (Å²) in [7, 11) is 1.89. The lowest BCUT2D eigenvalue weighted by molar-refractivity contribution is 0.0981. The Labute approximate surface area is 150 Å². The Balaban J connectivity index is 1.81. The van der Waals surface area contributed by atoms with Crippen molar-refractivity contribution in [3.63, 3.8) is 0 Å². The van der Waals surface area contributed by atoms with Gasteiger partial charge in [0.05, 0.1) is 18.3 Å². The first-order valence-corrected chi connectivity index (χ1v) is 8.46. The van der Waals surface area contributed by atoms with E-state index >= 15 is 0 Å². The number of para-hydroxylation sites is 1. The van der Waals surface area contributed by atoms with Gasteiger partial charge in [-0.25, -0.2) is 4.39 Å². The highest BCUT2D eigenvalue weighted by atomic mass is 19.1. The summed E-state index contributed by atoms with van der Waals surface area (Å²) >= 11 is 0. The van der Waals surface area contributed by atoms with Crippen LogP contribution in [-0.4, -0.2) is 15.7 Å². The van der Waals surface area contributed by atoms with E-state index in [-0.39, 0.29) is 18.0 Å². The van der Waals surface area contributed by atoms with Gasteiger partial charge in [-0.1, -0.05) is 24.3 Å². The summed E-state index contributed by atoms with van der Waals surface area (Å²) in [5.74, 6) is -0.915. The number of nitrogens with two attached hydrogens (primary N) is 1. The van der Waals surface area contributed by atoms with Gasteiger partial charge in [-0.15, -0.1) is 0 Å². The van der Waals surface area contributed by atoms with Crippen LogP contribution < -0.4 is 10.6 Å². The van der Waals surface area contributed by atoms with Gasteiger partial charge < -0.3 is 10.6 Å². The molecule has 4 rings (SSSR count). The number of aromatic nitrogens is 2. The molecule has 0 aliphatic carbocycles. The zero-order valence-electron chi connectivity index (χ0n) is 14.4. The van der Waals surface area contributed by atoms with Crippen molar-refractivity contribution in [3.05, 3.63) is 82.4 Å². The highest BCUT2D eigenvalue weighted by Crippen LogP contribution is 2.31. The van der Waals surface area contributed by atoms with Crippen LogP contribution in [0.4, 0.5) is 10.1 Å². The molecule has 1 aliphatic heterocycles. The fourth-order valence-corrected chi connectivity index (χ4v) is 3.41. The number of fused-ring (bicyclic) bond motifs is 2. The predicted molar refractivity (Wildman–Crippen MR) is 97.3 cm³/mol. The van der Waals surface area contributed by atoms with Gasteiger partial charge in [-0.3, -0.25) is 9.48 Å². The lowest BCUT2D eigenvalue weighted by atomic mass is 10.1. The van der Waals surface area contributed by atoms with E-state index in [4.69, 9.17) is 5.73 Å². The van der Waals surface area contributed by atoms with Crippen molar-refractivity contribution in [1.82, 2.24) is 9.78 Å². The number of anilines is 1. The van der Waals surface area contributed by atoms with Gasteiger partial charge in [0.15, 0.2) is 0 Å². The predicted octanol–water partition coefficient (Wildman–Crippen LogP) is 2.77. The molecule has 6 heteroatoms. The van der Waals surface area contributed by atoms with Crippen molar-refractivity contribution in [2.45, 2.75) is 19.5 Å². The summed E-state index contributed by atoms with van der Waals surface area (Å²) in [5, 5.41) is 4.31. The Kier molecular flexibility index (Phi) is 4.05. The van der Waals surface area contributed by atoms with Crippen LogP contribution in [0, 0.1) is 5.82 Å². The van der Waals surface area contributed by atoms with Crippen LogP contribution in [0.2, 0.25) is 0 Å². The molecule has 0 saturated heterocycles. The molecule has 1 aliphatic rings. The van der Waals surface area contributed by atoms with Crippen molar-refractivity contribution in [2.24, 2.45) is 12.8 Å². The summed E-state index contributed by atoms with van der Waals surface area (Å²) in [6.45, 7) is 0.591. The second kappa shape index (κ2) is 6.38. The maximum atomic E-state index is 14.5. The first-order chi connectivity index (χ1) is 12.6. The lowest BCUT2D eigenvalue weighted by Crippen LogP contribution is -2.31. The molecule has 2 N–H and O–H groups in total. The Hall–Kier alpha value is -2.99. The van der Waals surface area contributed by atoms with E-state index in [1.54, 1.807) is 17.2 Å². The minimum Gasteiger partial charge on any atom is -0.326 e. The fourth-order valence-electron chi connectivity index (χ4n) is 3.41. The fraction of sp³-hybridized carbons (Fsp3) is 0.200. The Bertz CT molecular complexity index is 995. The van der Waals surface area contributed by atoms with E-state index in [0.29, 0.717) is 18.5 Å². The molecular weight excluding hydrogens is 331 g/mol. The molecule has 3 aromatic rings. The Morgan fingerprint density at radius 3 is 2.81 bits per heavy atom. The van der Waals surface area contributed by atoms with Crippen molar-refractivity contribution >= 4 is 11.6 Å². The largest absolute Gasteiger partial charge is 0.326 e. The number of carbonyl (C=O) groups excluding carboxylic acids is 1. The van der Waals surface area contributed by atoms with E-state index in [1.807, 2.05) is 36.0 Å². The Morgan fingerprint density at radius 1 is 1.23 bits per heavy atom. The molecule has 132 valence electrons. The molecular formula is C20H19FN4O. The number of amides is 1. The van der Waals surface area contributed by atoms with E-state index < -0.39 is 5.82 Å². The van der Waals surface area contributed by atoms with Crippen LogP contribution in [0.1, 0.15) is 32.7 Å². The SMILES string of the molecule is Cn1ncc2c1Cc1ccccc1N(C(=O)c1ccc(CN)cc1F)C2. The topological polar surface area (TPSA) is 64.2 Å². The van der Waals surface area contributed by atoms with Gasteiger partial charge >= 0.3 is 0 Å². The first kappa shape index (κ1) is 16.5. The number of carbonyl (C=O) groups is 1. The molecule has 1 aromatic heterocycles. The minimum absolute atomic E-state index is 0.0457. The summed E-state index contributed by atoms with van der Waals surface area (Å²) in [6, 6.07) is 12.3. The van der Waals surface area contributed by atoms with Crippen LogP contribution in [0.3, 0.4) is 0 Å². The smallest absolute Gasteiger partial charge is 0.261 e. The van der Waals surface area contributed by atoms with Gasteiger partial charge in [0, 0.05) is 37.0 Å². The molecule has 0 saturated carbocycles. The zero-order valence-corrected chi connectivity index (χ0v) is 14.4. The molecule has 2 aromatic carbocycles. The van der Waals surface area contributed by atoms with Crippen molar-refractivity contribution in [3.8, 4) is 0 Å². The van der Waals surface area contributed by atoms with Crippen LogP contribution in [-0.2, 0) is 26.6 Å². The van der Waals surface area contributed by atoms with E-state index in [2.05, 4.69) is 5.10 Å². The van der Waals surface area contributed by atoms with Gasteiger partial charge in [0.2, 0.25) is 0 Å². The molecule has 1 amide bonds. The maximum Gasteiger partial charge on any atom is 0.261 e. The minimum atomic E-state index is -0.550. The zero-order chi connectivity index (χ0) is 18.3. The lowest BCUT2D eigenvalue weighted by Gasteiger charge is -2.23. The molecule has 0 unspecified atom stereocenters. The molecule has 0 spiro atoms. The summed E-state index contributed by atoms with van der Waals surface area (Å²) < 4.78 is 16.3. The van der Waals surface area contributed by atoms with E-state index in [9.17, 15) is 9.18 Å². The summed E-state index contributed by atoms with van der Waals surface area (Å²) in [4.78, 5) is 14.8. The summed E-state index contributed by atoms with van der Waals surface area (Å²) in [6.07, 6.45) is 2.45. The van der Waals surface area contributed by atoms with Crippen LogP contribution in [0.5, 0.6) is 0 Å². The molecule has 0 bridgehead atoms. The molecule has 5 nitrogen and oxygen atoms in total. The third-order valence-corrected chi connectivity index (χ3v) is 4.86. The average molecular weight is 350 g/mol. The molecule has 0 radical (unpaired) electrons. The van der Waals surface area contributed by atoms with Crippen LogP contribution >= 0.6 is 0 Å². The van der Waals surface area contributed by atoms with Crippen molar-refractivity contribution < 1.29 is 9.18 Å². The number of halogens is 1. The second-order valence-corrected chi connectivity index (χ2v) is 6.46. The van der Waals surface area contributed by atoms with Gasteiger partial charge in [-0.2, -0.15) is 5.10 Å². The monoisotopic (exact) mass is 350 g/mol. The molecule has 26 heavy (non-hydrogen) atoms. The van der Waals surface area contributed by atoms with Crippen LogP contribution in [0.15, 0.2) is 48.7 Å². The molecule has 0 atom stereocenters. The standard InChI is InChI=1S/C20H19FN4O/c1-24-19-9-14-4-2-3-5-18(14)25(12-15(19)11-23-24)20(26)16-7-6-13(10-22)8-17(16)21/h2-8,11H,9-10,12,22H2,1H3. The van der Waals surface area contributed by atoms with Crippen molar-refractivity contribution in [1.29, 1.82) is 0 Å². The van der Waals surface area contributed by atoms with Crippen LogP contribution in [0.25, 0.3) is 0 Å². The van der Waals surface area contributed by atoms with Crippen molar-refractivity contribution in [2.75, 3.05) is 4.90 Å². The Morgan fingerprint density at radius 2 is 2.04 bits per heavy atom. The number of benzene rings is 2. The number of rotatable bonds is 2. The first-order valence-electron chi connectivity index (χ1n) is 8.46. The number of aryl methyl sites for hydroxylation is 1. The number of hydrogen-bond donors (Lipinski definition) is 1. The number of hydrogen-bond acceptors (Lipinski definition) is 3. The van der Waals surface area contributed by atoms with Gasteiger partial charge in [0.25, 0.3) is 5.91 Å². The maximum absolute atomic E-state index is 14.5.